The van der Waals surface area contributed by atoms with E-state index in [1.165, 1.54) is 19.3 Å². The van der Waals surface area contributed by atoms with Crippen LogP contribution in [0, 0.1) is 29.1 Å². The van der Waals surface area contributed by atoms with Crippen molar-refractivity contribution >= 4 is 17.5 Å². The van der Waals surface area contributed by atoms with Crippen LogP contribution in [0.1, 0.15) is 63.5 Å². The number of carbonyl (C=O) groups is 1. The van der Waals surface area contributed by atoms with Crippen LogP contribution < -0.4 is 5.32 Å². The molecule has 5 heteroatoms. The maximum atomic E-state index is 13.3. The summed E-state index contributed by atoms with van der Waals surface area (Å²) >= 11 is 5.98. The molecule has 1 atom stereocenters. The summed E-state index contributed by atoms with van der Waals surface area (Å²) in [5.74, 6) is 2.50. The second-order valence-corrected chi connectivity index (χ2v) is 9.69. The van der Waals surface area contributed by atoms with Gasteiger partial charge in [0.15, 0.2) is 0 Å². The summed E-state index contributed by atoms with van der Waals surface area (Å²) < 4.78 is 0. The van der Waals surface area contributed by atoms with E-state index in [9.17, 15) is 4.79 Å². The zero-order chi connectivity index (χ0) is 19.7. The highest BCUT2D eigenvalue weighted by atomic mass is 35.5. The van der Waals surface area contributed by atoms with Crippen LogP contribution in [-0.4, -0.2) is 29.4 Å². The summed E-state index contributed by atoms with van der Waals surface area (Å²) in [5, 5.41) is 13.3. The van der Waals surface area contributed by atoms with Crippen molar-refractivity contribution in [1.29, 1.82) is 5.26 Å². The summed E-state index contributed by atoms with van der Waals surface area (Å²) in [7, 11) is 0. The Labute approximate surface area is 173 Å². The van der Waals surface area contributed by atoms with Crippen molar-refractivity contribution < 1.29 is 4.79 Å². The summed E-state index contributed by atoms with van der Waals surface area (Å²) in [5.41, 5.74) is 1.13. The predicted octanol–water partition coefficient (Wildman–Crippen LogP) is 4.70. The third-order valence-electron chi connectivity index (χ3n) is 7.26. The Balaban J connectivity index is 1.44. The lowest BCUT2D eigenvalue weighted by Gasteiger charge is -2.60. The maximum Gasteiger partial charge on any atom is 0.237 e. The van der Waals surface area contributed by atoms with E-state index in [2.05, 4.69) is 23.2 Å². The Bertz CT molecular complexity index is 719. The molecule has 4 fully saturated rings. The molecule has 4 aliphatic rings. The van der Waals surface area contributed by atoms with Crippen molar-refractivity contribution in [3.8, 4) is 6.07 Å². The van der Waals surface area contributed by atoms with Crippen molar-refractivity contribution in [2.24, 2.45) is 17.8 Å². The van der Waals surface area contributed by atoms with Crippen LogP contribution in [0.2, 0.25) is 5.02 Å². The lowest BCUT2D eigenvalue weighted by molar-refractivity contribution is -0.149. The van der Waals surface area contributed by atoms with Crippen molar-refractivity contribution in [1.82, 2.24) is 10.2 Å². The minimum Gasteiger partial charge on any atom is -0.335 e. The first-order valence-electron chi connectivity index (χ1n) is 10.7. The van der Waals surface area contributed by atoms with Crippen LogP contribution in [0.5, 0.6) is 0 Å². The number of nitrogens with one attached hydrogen (secondary N) is 1. The number of nitrogens with zero attached hydrogens (tertiary/aromatic N) is 2. The zero-order valence-electron chi connectivity index (χ0n) is 16.7. The van der Waals surface area contributed by atoms with Crippen LogP contribution in [0.3, 0.4) is 0 Å². The smallest absolute Gasteiger partial charge is 0.237 e. The second-order valence-electron chi connectivity index (χ2n) is 9.25. The van der Waals surface area contributed by atoms with E-state index in [0.717, 1.165) is 47.6 Å². The molecule has 4 nitrogen and oxygen atoms in total. The third-order valence-corrected chi connectivity index (χ3v) is 7.51. The zero-order valence-corrected chi connectivity index (χ0v) is 17.4. The van der Waals surface area contributed by atoms with Gasteiger partial charge in [-0.25, -0.2) is 0 Å². The van der Waals surface area contributed by atoms with Crippen molar-refractivity contribution in [3.63, 3.8) is 0 Å². The molecule has 0 aromatic heterocycles. The summed E-state index contributed by atoms with van der Waals surface area (Å²) in [6, 6.07) is 10.1. The highest BCUT2D eigenvalue weighted by molar-refractivity contribution is 6.30. The molecule has 4 bridgehead atoms. The molecule has 1 aromatic rings. The first-order valence-corrected chi connectivity index (χ1v) is 11.0. The van der Waals surface area contributed by atoms with E-state index >= 15 is 0 Å². The highest BCUT2D eigenvalue weighted by Crippen LogP contribution is 2.57. The molecule has 1 amide bonds. The molecule has 4 aliphatic carbocycles. The molecule has 0 aliphatic heterocycles. The van der Waals surface area contributed by atoms with Gasteiger partial charge in [0, 0.05) is 23.1 Å². The molecule has 0 unspecified atom stereocenters. The van der Waals surface area contributed by atoms with Crippen LogP contribution in [-0.2, 0) is 4.79 Å². The minimum absolute atomic E-state index is 0.00781. The molecule has 0 spiro atoms. The minimum atomic E-state index is 0.00781. The Hall–Kier alpha value is -1.57. The van der Waals surface area contributed by atoms with Gasteiger partial charge < -0.3 is 10.2 Å². The average molecular weight is 400 g/mol. The Morgan fingerprint density at radius 1 is 1.21 bits per heavy atom. The van der Waals surface area contributed by atoms with Gasteiger partial charge >= 0.3 is 0 Å². The Kier molecular flexibility index (Phi) is 5.67. The second kappa shape index (κ2) is 8.05. The number of benzene rings is 1. The van der Waals surface area contributed by atoms with Gasteiger partial charge in [0.1, 0.15) is 0 Å². The number of amides is 1. The van der Waals surface area contributed by atoms with Gasteiger partial charge in [0.2, 0.25) is 5.91 Å². The predicted molar refractivity (Wildman–Crippen MR) is 111 cm³/mol. The van der Waals surface area contributed by atoms with E-state index < -0.39 is 0 Å². The van der Waals surface area contributed by atoms with Crippen LogP contribution >= 0.6 is 11.6 Å². The largest absolute Gasteiger partial charge is 0.335 e. The van der Waals surface area contributed by atoms with Gasteiger partial charge in [-0.15, -0.1) is 0 Å². The van der Waals surface area contributed by atoms with Crippen LogP contribution in [0.15, 0.2) is 24.3 Å². The fourth-order valence-corrected chi connectivity index (χ4v) is 6.51. The monoisotopic (exact) mass is 399 g/mol. The van der Waals surface area contributed by atoms with Gasteiger partial charge in [0.05, 0.1) is 19.0 Å². The molecule has 0 heterocycles. The highest BCUT2D eigenvalue weighted by Gasteiger charge is 2.54. The molecule has 1 aromatic carbocycles. The standard InChI is InChI=1S/C23H30ClN3O/c1-16(20-3-5-21(24)6-4-20)26-15-22(28)27(8-2-7-25)23-12-17-9-18(13-23)11-19(10-17)14-23/h3-6,16-19,26H,2,8-15H2,1H3/t16-,17?,18?,19?,23?/m0/s1. The molecule has 4 saturated carbocycles. The molecule has 0 saturated heterocycles. The molecular weight excluding hydrogens is 370 g/mol. The van der Waals surface area contributed by atoms with Gasteiger partial charge in [-0.2, -0.15) is 5.26 Å². The van der Waals surface area contributed by atoms with E-state index in [4.69, 9.17) is 16.9 Å². The number of nitriles is 1. The maximum absolute atomic E-state index is 13.3. The number of hydrogen-bond acceptors (Lipinski definition) is 3. The topological polar surface area (TPSA) is 56.1 Å². The van der Waals surface area contributed by atoms with Crippen molar-refractivity contribution in [2.75, 3.05) is 13.1 Å². The lowest BCUT2D eigenvalue weighted by atomic mass is 9.52. The first-order chi connectivity index (χ1) is 13.5. The molecule has 1 N–H and O–H groups in total. The van der Waals surface area contributed by atoms with Gasteiger partial charge in [-0.3, -0.25) is 4.79 Å². The average Bonchev–Trinajstić information content (AvgIpc) is 2.65. The SMILES string of the molecule is C[C@H](NCC(=O)N(CCC#N)C12CC3CC(CC(C3)C1)C2)c1ccc(Cl)cc1. The van der Waals surface area contributed by atoms with Crippen LogP contribution in [0.25, 0.3) is 0 Å². The van der Waals surface area contributed by atoms with Gasteiger partial charge in [-0.1, -0.05) is 23.7 Å². The molecule has 0 radical (unpaired) electrons. The van der Waals surface area contributed by atoms with E-state index in [1.807, 2.05) is 24.3 Å². The van der Waals surface area contributed by atoms with Crippen LogP contribution in [0.4, 0.5) is 0 Å². The summed E-state index contributed by atoms with van der Waals surface area (Å²) in [6.07, 6.45) is 7.90. The Morgan fingerprint density at radius 3 is 2.32 bits per heavy atom. The molecular formula is C23H30ClN3O. The summed E-state index contributed by atoms with van der Waals surface area (Å²) in [4.78, 5) is 15.4. The third kappa shape index (κ3) is 3.93. The Morgan fingerprint density at radius 2 is 1.79 bits per heavy atom. The van der Waals surface area contributed by atoms with E-state index in [-0.39, 0.29) is 17.5 Å². The normalized spacial score (nSPS) is 31.4. The molecule has 150 valence electrons. The number of hydrogen-bond donors (Lipinski definition) is 1. The number of halogens is 1. The fourth-order valence-electron chi connectivity index (χ4n) is 6.39. The molecule has 28 heavy (non-hydrogen) atoms. The first kappa shape index (κ1) is 19.7. The van der Waals surface area contributed by atoms with Gasteiger partial charge in [0.25, 0.3) is 0 Å². The van der Waals surface area contributed by atoms with Crippen molar-refractivity contribution in [3.05, 3.63) is 34.9 Å². The van der Waals surface area contributed by atoms with Crippen molar-refractivity contribution in [2.45, 2.75) is 63.5 Å². The molecule has 5 rings (SSSR count). The number of carbonyl (C=O) groups excluding carboxylic acids is 1. The number of rotatable bonds is 7. The van der Waals surface area contributed by atoms with E-state index in [1.54, 1.807) is 0 Å². The lowest BCUT2D eigenvalue weighted by Crippen LogP contribution is -2.62. The van der Waals surface area contributed by atoms with Gasteiger partial charge in [-0.05, 0) is 80.9 Å². The van der Waals surface area contributed by atoms with E-state index in [0.29, 0.717) is 19.5 Å². The quantitative estimate of drug-likeness (QED) is 0.722. The fraction of sp³-hybridized carbons (Fsp3) is 0.652. The summed E-state index contributed by atoms with van der Waals surface area (Å²) in [6.45, 7) is 2.95.